The highest BCUT2D eigenvalue weighted by Crippen LogP contribution is 2.63. The Hall–Kier alpha value is -1.42. The highest BCUT2D eigenvalue weighted by atomic mass is 31.2. The molecule has 1 rings (SSSR count). The second kappa shape index (κ2) is 10.7. The largest absolute Gasteiger partial charge is 0.507 e. The summed E-state index contributed by atoms with van der Waals surface area (Å²) in [7, 11) is -3.69. The second-order valence-electron chi connectivity index (χ2n) is 10.2. The number of hydrogen-bond donors (Lipinski definition) is 1. The van der Waals surface area contributed by atoms with E-state index in [1.54, 1.807) is 19.9 Å². The van der Waals surface area contributed by atoms with Crippen molar-refractivity contribution in [2.75, 3.05) is 13.2 Å². The van der Waals surface area contributed by atoms with Crippen LogP contribution in [0.3, 0.4) is 0 Å². The maximum atomic E-state index is 13.6. The third-order valence-corrected chi connectivity index (χ3v) is 9.08. The van der Waals surface area contributed by atoms with Gasteiger partial charge in [-0.2, -0.15) is 0 Å². The van der Waals surface area contributed by atoms with E-state index >= 15 is 0 Å². The van der Waals surface area contributed by atoms with Crippen LogP contribution in [0.15, 0.2) is 18.2 Å². The van der Waals surface area contributed by atoms with Gasteiger partial charge in [-0.05, 0) is 61.3 Å². The number of aromatic hydroxyl groups is 1. The molecular formula is C26H43O5P. The summed E-state index contributed by atoms with van der Waals surface area (Å²) in [5, 5.41) is 9.74. The number of benzene rings is 1. The monoisotopic (exact) mass is 466 g/mol. The van der Waals surface area contributed by atoms with Crippen molar-refractivity contribution in [3.8, 4) is 5.75 Å². The predicted octanol–water partition coefficient (Wildman–Crippen LogP) is 7.39. The van der Waals surface area contributed by atoms with Gasteiger partial charge in [0, 0.05) is 11.1 Å². The Morgan fingerprint density at radius 2 is 1.44 bits per heavy atom. The van der Waals surface area contributed by atoms with Gasteiger partial charge in [-0.3, -0.25) is 9.36 Å². The van der Waals surface area contributed by atoms with Gasteiger partial charge >= 0.3 is 7.60 Å². The van der Waals surface area contributed by atoms with Crippen LogP contribution in [-0.4, -0.2) is 29.3 Å². The Kier molecular flexibility index (Phi) is 9.54. The minimum Gasteiger partial charge on any atom is -0.507 e. The van der Waals surface area contributed by atoms with Crippen molar-refractivity contribution in [1.29, 1.82) is 0 Å². The molecule has 0 aliphatic heterocycles. The topological polar surface area (TPSA) is 72.8 Å². The highest BCUT2D eigenvalue weighted by molar-refractivity contribution is 7.57. The lowest BCUT2D eigenvalue weighted by molar-refractivity contribution is -0.117. The third-order valence-electron chi connectivity index (χ3n) is 5.98. The molecule has 1 N–H and O–H groups in total. The molecule has 0 unspecified atom stereocenters. The van der Waals surface area contributed by atoms with Gasteiger partial charge in [0.05, 0.1) is 13.2 Å². The molecule has 0 bridgehead atoms. The first-order valence-corrected chi connectivity index (χ1v) is 13.2. The molecule has 32 heavy (non-hydrogen) atoms. The van der Waals surface area contributed by atoms with Gasteiger partial charge in [-0.25, -0.2) is 0 Å². The summed E-state index contributed by atoms with van der Waals surface area (Å²) in [6, 6.07) is 3.95. The molecule has 0 aliphatic rings. The number of rotatable bonds is 10. The lowest BCUT2D eigenvalue weighted by Crippen LogP contribution is -2.38. The van der Waals surface area contributed by atoms with Crippen LogP contribution in [0.5, 0.6) is 5.75 Å². The zero-order chi connectivity index (χ0) is 25.0. The van der Waals surface area contributed by atoms with Gasteiger partial charge < -0.3 is 14.2 Å². The Labute approximate surface area is 195 Å². The SMILES string of the molecule is CCOP(=O)(OCC)C(CC)(CC)C(=O)/C=C/c1cc(C(C)(C)C)cc(C(C)(C)C)c1O. The molecule has 0 aromatic heterocycles. The Bertz CT molecular complexity index is 857. The quantitative estimate of drug-likeness (QED) is 0.287. The van der Waals surface area contributed by atoms with Crippen molar-refractivity contribution in [2.24, 2.45) is 0 Å². The van der Waals surface area contributed by atoms with Crippen LogP contribution >= 0.6 is 7.60 Å². The van der Waals surface area contributed by atoms with E-state index in [0.717, 1.165) is 11.1 Å². The van der Waals surface area contributed by atoms with Crippen LogP contribution in [-0.2, 0) is 29.2 Å². The van der Waals surface area contributed by atoms with Gasteiger partial charge in [0.25, 0.3) is 0 Å². The zero-order valence-corrected chi connectivity index (χ0v) is 22.6. The fourth-order valence-corrected chi connectivity index (χ4v) is 6.22. The number of phenolic OH excluding ortho intramolecular Hbond substituents is 1. The average molecular weight is 467 g/mol. The molecule has 0 fully saturated rings. The smallest absolute Gasteiger partial charge is 0.344 e. The summed E-state index contributed by atoms with van der Waals surface area (Å²) in [6.45, 7) is 20.0. The van der Waals surface area contributed by atoms with Crippen molar-refractivity contribution in [2.45, 2.75) is 98.1 Å². The van der Waals surface area contributed by atoms with Crippen molar-refractivity contribution in [1.82, 2.24) is 0 Å². The van der Waals surface area contributed by atoms with E-state index in [0.29, 0.717) is 18.4 Å². The third kappa shape index (κ3) is 5.92. The number of hydrogen-bond acceptors (Lipinski definition) is 5. The number of carbonyl (C=O) groups is 1. The molecule has 1 aromatic rings. The van der Waals surface area contributed by atoms with Crippen LogP contribution in [0.25, 0.3) is 6.08 Å². The summed E-state index contributed by atoms with van der Waals surface area (Å²) >= 11 is 0. The molecule has 0 radical (unpaired) electrons. The summed E-state index contributed by atoms with van der Waals surface area (Å²) in [6.07, 6.45) is 3.70. The molecule has 182 valence electrons. The fourth-order valence-electron chi connectivity index (χ4n) is 3.85. The van der Waals surface area contributed by atoms with Gasteiger partial charge in [-0.15, -0.1) is 0 Å². The van der Waals surface area contributed by atoms with Crippen LogP contribution in [0.1, 0.15) is 98.8 Å². The first-order valence-electron chi connectivity index (χ1n) is 11.6. The number of ketones is 1. The molecule has 5 nitrogen and oxygen atoms in total. The molecule has 0 saturated heterocycles. The van der Waals surface area contributed by atoms with Crippen molar-refractivity contribution in [3.05, 3.63) is 34.9 Å². The van der Waals surface area contributed by atoms with Crippen molar-refractivity contribution < 1.29 is 23.5 Å². The molecule has 6 heteroatoms. The first kappa shape index (κ1) is 28.6. The van der Waals surface area contributed by atoms with Crippen LogP contribution < -0.4 is 0 Å². The van der Waals surface area contributed by atoms with Crippen LogP contribution in [0, 0.1) is 0 Å². The van der Waals surface area contributed by atoms with Crippen molar-refractivity contribution in [3.63, 3.8) is 0 Å². The predicted molar refractivity (Wildman–Crippen MR) is 134 cm³/mol. The lowest BCUT2D eigenvalue weighted by atomic mass is 9.79. The molecule has 0 atom stereocenters. The van der Waals surface area contributed by atoms with E-state index in [4.69, 9.17) is 9.05 Å². The van der Waals surface area contributed by atoms with Gasteiger partial charge in [-0.1, -0.05) is 61.5 Å². The number of carbonyl (C=O) groups excluding carboxylic acids is 1. The zero-order valence-electron chi connectivity index (χ0n) is 21.7. The molecule has 0 spiro atoms. The van der Waals surface area contributed by atoms with E-state index in [1.807, 2.05) is 46.8 Å². The van der Waals surface area contributed by atoms with Gasteiger partial charge in [0.2, 0.25) is 0 Å². The minimum absolute atomic E-state index is 0.128. The van der Waals surface area contributed by atoms with Crippen LogP contribution in [0.4, 0.5) is 0 Å². The summed E-state index contributed by atoms with van der Waals surface area (Å²) in [4.78, 5) is 13.5. The lowest BCUT2D eigenvalue weighted by Gasteiger charge is -2.35. The molecule has 1 aromatic carbocycles. The average Bonchev–Trinajstić information content (AvgIpc) is 2.67. The van der Waals surface area contributed by atoms with E-state index in [2.05, 4.69) is 20.8 Å². The molecule has 0 aliphatic carbocycles. The number of allylic oxidation sites excluding steroid dienone is 1. The normalized spacial score (nSPS) is 13.7. The Balaban J connectivity index is 3.62. The van der Waals surface area contributed by atoms with Crippen LogP contribution in [0.2, 0.25) is 0 Å². The highest BCUT2D eigenvalue weighted by Gasteiger charge is 2.53. The summed E-state index contributed by atoms with van der Waals surface area (Å²) in [5.41, 5.74) is 2.06. The Morgan fingerprint density at radius 3 is 1.81 bits per heavy atom. The van der Waals surface area contributed by atoms with Gasteiger partial charge in [0.15, 0.2) is 5.78 Å². The van der Waals surface area contributed by atoms with E-state index in [9.17, 15) is 14.5 Å². The number of phenols is 1. The second-order valence-corrected chi connectivity index (χ2v) is 12.6. The Morgan fingerprint density at radius 1 is 0.938 bits per heavy atom. The molecule has 0 heterocycles. The first-order chi connectivity index (χ1) is 14.6. The van der Waals surface area contributed by atoms with Crippen molar-refractivity contribution >= 4 is 19.5 Å². The maximum Gasteiger partial charge on any atom is 0.344 e. The minimum atomic E-state index is -3.69. The maximum absolute atomic E-state index is 13.6. The standard InChI is InChI=1S/C26H43O5P/c1-11-26(12-2,32(29,30-13-3)31-14-4)22(27)16-15-19-17-20(24(5,6)7)18-21(23(19)28)25(8,9)10/h15-18,28H,11-14H2,1-10H3/b16-15+. The van der Waals surface area contributed by atoms with E-state index < -0.39 is 12.8 Å². The summed E-state index contributed by atoms with van der Waals surface area (Å²) < 4.78 is 24.8. The van der Waals surface area contributed by atoms with E-state index in [1.165, 1.54) is 6.08 Å². The summed E-state index contributed by atoms with van der Waals surface area (Å²) in [5.74, 6) is -0.156. The molecule has 0 amide bonds. The van der Waals surface area contributed by atoms with Gasteiger partial charge in [0.1, 0.15) is 10.9 Å². The molecule has 0 saturated carbocycles. The molecular weight excluding hydrogens is 423 g/mol. The fraction of sp³-hybridized carbons (Fsp3) is 0.654. The van der Waals surface area contributed by atoms with E-state index in [-0.39, 0.29) is 35.6 Å².